The van der Waals surface area contributed by atoms with Crippen molar-refractivity contribution in [2.75, 3.05) is 26.9 Å². The molecule has 2 amide bonds. The standard InChI is InChI=1S/C12H22N2O3/c1-14(11(16)13-10-2-3-10)12(4-7-15)5-8-17-9-6-12/h10,15H,2-9H2,1H3,(H,13,16). The second-order valence-corrected chi connectivity index (χ2v) is 5.09. The number of hydrogen-bond donors (Lipinski definition) is 2. The molecule has 5 nitrogen and oxygen atoms in total. The van der Waals surface area contributed by atoms with Crippen LogP contribution in [0.4, 0.5) is 4.79 Å². The summed E-state index contributed by atoms with van der Waals surface area (Å²) < 4.78 is 5.35. The monoisotopic (exact) mass is 242 g/mol. The van der Waals surface area contributed by atoms with Crippen LogP contribution in [-0.4, -0.2) is 54.5 Å². The number of carbonyl (C=O) groups excluding carboxylic acids is 1. The zero-order valence-corrected chi connectivity index (χ0v) is 10.4. The van der Waals surface area contributed by atoms with Crippen LogP contribution in [-0.2, 0) is 4.74 Å². The van der Waals surface area contributed by atoms with Gasteiger partial charge in [-0.15, -0.1) is 0 Å². The summed E-state index contributed by atoms with van der Waals surface area (Å²) >= 11 is 0. The smallest absolute Gasteiger partial charge is 0.317 e. The van der Waals surface area contributed by atoms with Crippen LogP contribution in [0.15, 0.2) is 0 Å². The molecule has 0 aromatic heterocycles. The summed E-state index contributed by atoms with van der Waals surface area (Å²) in [6.45, 7) is 1.45. The van der Waals surface area contributed by atoms with E-state index < -0.39 is 0 Å². The van der Waals surface area contributed by atoms with Gasteiger partial charge in [-0.2, -0.15) is 0 Å². The zero-order chi connectivity index (χ0) is 12.3. The normalized spacial score (nSPS) is 23.2. The second kappa shape index (κ2) is 5.23. The van der Waals surface area contributed by atoms with Gasteiger partial charge in [0.1, 0.15) is 0 Å². The highest BCUT2D eigenvalue weighted by Crippen LogP contribution is 2.31. The number of aliphatic hydroxyl groups excluding tert-OH is 1. The Morgan fingerprint density at radius 3 is 2.65 bits per heavy atom. The summed E-state index contributed by atoms with van der Waals surface area (Å²) in [5.74, 6) is 0. The van der Waals surface area contributed by atoms with Gasteiger partial charge >= 0.3 is 6.03 Å². The highest BCUT2D eigenvalue weighted by molar-refractivity contribution is 5.75. The van der Waals surface area contributed by atoms with E-state index in [1.165, 1.54) is 0 Å². The Kier molecular flexibility index (Phi) is 3.89. The third kappa shape index (κ3) is 2.90. The van der Waals surface area contributed by atoms with Crippen LogP contribution in [0.5, 0.6) is 0 Å². The van der Waals surface area contributed by atoms with Crippen molar-refractivity contribution in [2.24, 2.45) is 0 Å². The largest absolute Gasteiger partial charge is 0.396 e. The van der Waals surface area contributed by atoms with Gasteiger partial charge < -0.3 is 20.1 Å². The number of amides is 2. The van der Waals surface area contributed by atoms with Gasteiger partial charge in [-0.25, -0.2) is 4.79 Å². The van der Waals surface area contributed by atoms with Gasteiger partial charge in [-0.1, -0.05) is 0 Å². The summed E-state index contributed by atoms with van der Waals surface area (Å²) in [7, 11) is 1.83. The maximum atomic E-state index is 12.1. The average Bonchev–Trinajstić information content (AvgIpc) is 3.13. The molecule has 98 valence electrons. The number of aliphatic hydroxyl groups is 1. The van der Waals surface area contributed by atoms with Gasteiger partial charge in [-0.05, 0) is 32.1 Å². The molecular formula is C12H22N2O3. The first kappa shape index (κ1) is 12.6. The molecule has 0 aromatic carbocycles. The number of carbonyl (C=O) groups is 1. The van der Waals surface area contributed by atoms with Gasteiger partial charge in [-0.3, -0.25) is 0 Å². The number of urea groups is 1. The minimum atomic E-state index is -0.230. The van der Waals surface area contributed by atoms with Crippen LogP contribution in [0.3, 0.4) is 0 Å². The molecule has 1 aliphatic carbocycles. The average molecular weight is 242 g/mol. The molecule has 2 N–H and O–H groups in total. The van der Waals surface area contributed by atoms with Crippen molar-refractivity contribution in [1.29, 1.82) is 0 Å². The van der Waals surface area contributed by atoms with Crippen molar-refractivity contribution >= 4 is 6.03 Å². The Bertz CT molecular complexity index is 267. The Hall–Kier alpha value is -0.810. The second-order valence-electron chi connectivity index (χ2n) is 5.09. The van der Waals surface area contributed by atoms with Crippen molar-refractivity contribution in [3.05, 3.63) is 0 Å². The molecule has 2 aliphatic rings. The molecule has 0 atom stereocenters. The van der Waals surface area contributed by atoms with Crippen LogP contribution >= 0.6 is 0 Å². The topological polar surface area (TPSA) is 61.8 Å². The summed E-state index contributed by atoms with van der Waals surface area (Å²) in [6, 6.07) is 0.360. The lowest BCUT2D eigenvalue weighted by Crippen LogP contribution is -2.56. The molecule has 2 fully saturated rings. The van der Waals surface area contributed by atoms with Crippen molar-refractivity contribution in [3.8, 4) is 0 Å². The summed E-state index contributed by atoms with van der Waals surface area (Å²) in [4.78, 5) is 13.8. The van der Waals surface area contributed by atoms with Crippen molar-refractivity contribution in [3.63, 3.8) is 0 Å². The van der Waals surface area contributed by atoms with Crippen LogP contribution in [0, 0.1) is 0 Å². The highest BCUT2D eigenvalue weighted by atomic mass is 16.5. The summed E-state index contributed by atoms with van der Waals surface area (Å²) in [6.07, 6.45) is 4.43. The van der Waals surface area contributed by atoms with Crippen molar-refractivity contribution in [1.82, 2.24) is 10.2 Å². The molecule has 2 rings (SSSR count). The molecule has 0 unspecified atom stereocenters. The van der Waals surface area contributed by atoms with Crippen LogP contribution in [0.25, 0.3) is 0 Å². The summed E-state index contributed by atoms with van der Waals surface area (Å²) in [5.41, 5.74) is -0.230. The van der Waals surface area contributed by atoms with E-state index in [2.05, 4.69) is 5.32 Å². The van der Waals surface area contributed by atoms with Gasteiger partial charge in [0.15, 0.2) is 0 Å². The SMILES string of the molecule is CN(C(=O)NC1CC1)C1(CCO)CCOCC1. The van der Waals surface area contributed by atoms with Gasteiger partial charge in [0, 0.05) is 32.9 Å². The molecular weight excluding hydrogens is 220 g/mol. The number of nitrogens with zero attached hydrogens (tertiary/aromatic N) is 1. The fraction of sp³-hybridized carbons (Fsp3) is 0.917. The zero-order valence-electron chi connectivity index (χ0n) is 10.4. The summed E-state index contributed by atoms with van der Waals surface area (Å²) in [5, 5.41) is 12.2. The Labute approximate surface area is 102 Å². The molecule has 1 saturated carbocycles. The molecule has 0 radical (unpaired) electrons. The van der Waals surface area contributed by atoms with Gasteiger partial charge in [0.05, 0.1) is 5.54 Å². The van der Waals surface area contributed by atoms with E-state index in [4.69, 9.17) is 4.74 Å². The fourth-order valence-corrected chi connectivity index (χ4v) is 2.43. The fourth-order valence-electron chi connectivity index (χ4n) is 2.43. The Morgan fingerprint density at radius 2 is 2.12 bits per heavy atom. The van der Waals surface area contributed by atoms with E-state index in [0.29, 0.717) is 25.7 Å². The van der Waals surface area contributed by atoms with E-state index in [-0.39, 0.29) is 18.2 Å². The molecule has 0 spiro atoms. The molecule has 0 aromatic rings. The van der Waals surface area contributed by atoms with Crippen molar-refractivity contribution in [2.45, 2.75) is 43.7 Å². The van der Waals surface area contributed by atoms with Gasteiger partial charge in [0.2, 0.25) is 0 Å². The van der Waals surface area contributed by atoms with E-state index in [1.54, 1.807) is 4.90 Å². The molecule has 1 saturated heterocycles. The van der Waals surface area contributed by atoms with E-state index in [1.807, 2.05) is 7.05 Å². The van der Waals surface area contributed by atoms with Crippen LogP contribution in [0.2, 0.25) is 0 Å². The Morgan fingerprint density at radius 1 is 1.47 bits per heavy atom. The van der Waals surface area contributed by atoms with Crippen LogP contribution < -0.4 is 5.32 Å². The Balaban J connectivity index is 1.99. The maximum absolute atomic E-state index is 12.1. The lowest BCUT2D eigenvalue weighted by atomic mass is 9.85. The maximum Gasteiger partial charge on any atom is 0.317 e. The lowest BCUT2D eigenvalue weighted by Gasteiger charge is -2.44. The molecule has 17 heavy (non-hydrogen) atoms. The van der Waals surface area contributed by atoms with E-state index >= 15 is 0 Å². The predicted molar refractivity (Wildman–Crippen MR) is 63.8 cm³/mol. The molecule has 1 heterocycles. The molecule has 1 aliphatic heterocycles. The quantitative estimate of drug-likeness (QED) is 0.763. The predicted octanol–water partition coefficient (Wildman–Crippen LogP) is 0.722. The van der Waals surface area contributed by atoms with Crippen molar-refractivity contribution < 1.29 is 14.6 Å². The first-order chi connectivity index (χ1) is 8.18. The first-order valence-electron chi connectivity index (χ1n) is 6.41. The molecule has 5 heteroatoms. The number of hydrogen-bond acceptors (Lipinski definition) is 3. The minimum absolute atomic E-state index is 0.0112. The minimum Gasteiger partial charge on any atom is -0.396 e. The molecule has 0 bridgehead atoms. The number of nitrogens with one attached hydrogen (secondary N) is 1. The lowest BCUT2D eigenvalue weighted by molar-refractivity contribution is -0.0130. The number of rotatable bonds is 4. The van der Waals surface area contributed by atoms with Crippen LogP contribution in [0.1, 0.15) is 32.1 Å². The first-order valence-corrected chi connectivity index (χ1v) is 6.41. The van der Waals surface area contributed by atoms with E-state index in [9.17, 15) is 9.90 Å². The highest BCUT2D eigenvalue weighted by Gasteiger charge is 2.39. The van der Waals surface area contributed by atoms with E-state index in [0.717, 1.165) is 25.7 Å². The van der Waals surface area contributed by atoms with Gasteiger partial charge in [0.25, 0.3) is 0 Å². The third-order valence-corrected chi connectivity index (χ3v) is 3.92. The number of ether oxygens (including phenoxy) is 1. The third-order valence-electron chi connectivity index (χ3n) is 3.92.